The molecule has 0 unspecified atom stereocenters. The molecule has 0 aliphatic carbocycles. The number of ketones is 1. The van der Waals surface area contributed by atoms with E-state index in [1.807, 2.05) is 0 Å². The Bertz CT molecular complexity index is 165. The Morgan fingerprint density at radius 1 is 1.55 bits per heavy atom. The first-order valence-electron chi connectivity index (χ1n) is 3.95. The number of quaternary nitrogens is 1. The number of Topliss-reactive ketones (excluding diaryl/α,β-unsaturated/α-hetero) is 1. The fourth-order valence-electron chi connectivity index (χ4n) is 1.46. The first kappa shape index (κ1) is 8.68. The average Bonchev–Trinajstić information content (AvgIpc) is 1.85. The summed E-state index contributed by atoms with van der Waals surface area (Å²) in [6, 6.07) is 0.0451. The highest BCUT2D eigenvalue weighted by Crippen LogP contribution is 2.12. The van der Waals surface area contributed by atoms with Crippen LogP contribution in [0.3, 0.4) is 0 Å². The van der Waals surface area contributed by atoms with Crippen LogP contribution in [0.4, 0.5) is 0 Å². The van der Waals surface area contributed by atoms with Crippen molar-refractivity contribution in [2.24, 2.45) is 0 Å². The molecule has 0 radical (unpaired) electrons. The van der Waals surface area contributed by atoms with Gasteiger partial charge in [-0.1, -0.05) is 0 Å². The quantitative estimate of drug-likeness (QED) is 0.504. The molecule has 3 nitrogen and oxygen atoms in total. The summed E-state index contributed by atoms with van der Waals surface area (Å²) in [5, 5.41) is 0. The zero-order chi connectivity index (χ0) is 8.48. The molecule has 1 saturated heterocycles. The minimum atomic E-state index is 0.0451. The second kappa shape index (κ2) is 2.91. The molecule has 1 heterocycles. The van der Waals surface area contributed by atoms with Crippen molar-refractivity contribution < 1.29 is 14.0 Å². The molecule has 0 N–H and O–H groups in total. The molecule has 0 aromatic rings. The lowest BCUT2D eigenvalue weighted by Gasteiger charge is -2.39. The Morgan fingerprint density at radius 2 is 2.18 bits per heavy atom. The highest BCUT2D eigenvalue weighted by atomic mass is 16.5. The van der Waals surface area contributed by atoms with Gasteiger partial charge < -0.3 is 9.22 Å². The summed E-state index contributed by atoms with van der Waals surface area (Å²) < 4.78 is 6.02. The van der Waals surface area contributed by atoms with Gasteiger partial charge in [-0.25, -0.2) is 0 Å². The molecule has 11 heavy (non-hydrogen) atoms. The van der Waals surface area contributed by atoms with Crippen LogP contribution in [0.15, 0.2) is 0 Å². The van der Waals surface area contributed by atoms with Crippen LogP contribution < -0.4 is 0 Å². The fourth-order valence-corrected chi connectivity index (χ4v) is 1.46. The maximum Gasteiger partial charge on any atom is 0.189 e. The van der Waals surface area contributed by atoms with E-state index in [-0.39, 0.29) is 11.8 Å². The van der Waals surface area contributed by atoms with Crippen molar-refractivity contribution in [2.45, 2.75) is 13.0 Å². The highest BCUT2D eigenvalue weighted by molar-refractivity contribution is 5.80. The van der Waals surface area contributed by atoms with Gasteiger partial charge in [-0.3, -0.25) is 4.79 Å². The second-order valence-corrected chi connectivity index (χ2v) is 3.70. The Hall–Kier alpha value is -0.410. The van der Waals surface area contributed by atoms with Crippen LogP contribution in [0.25, 0.3) is 0 Å². The first-order chi connectivity index (χ1) is 5.04. The van der Waals surface area contributed by atoms with Crippen LogP contribution in [0, 0.1) is 0 Å². The molecule has 0 saturated carbocycles. The van der Waals surface area contributed by atoms with E-state index in [1.54, 1.807) is 6.92 Å². The lowest BCUT2D eigenvalue weighted by Crippen LogP contribution is -2.59. The summed E-state index contributed by atoms with van der Waals surface area (Å²) in [4.78, 5) is 11.1. The summed E-state index contributed by atoms with van der Waals surface area (Å²) in [5.74, 6) is 0.231. The van der Waals surface area contributed by atoms with E-state index in [0.29, 0.717) is 6.61 Å². The molecule has 1 fully saturated rings. The Balaban J connectivity index is 2.67. The third kappa shape index (κ3) is 1.79. The predicted molar refractivity (Wildman–Crippen MR) is 42.3 cm³/mol. The van der Waals surface area contributed by atoms with Crippen molar-refractivity contribution in [3.63, 3.8) is 0 Å². The van der Waals surface area contributed by atoms with Gasteiger partial charge in [0.05, 0.1) is 20.7 Å². The van der Waals surface area contributed by atoms with Crippen molar-refractivity contribution in [3.05, 3.63) is 0 Å². The number of rotatable bonds is 1. The molecule has 0 amide bonds. The number of hydrogen-bond donors (Lipinski definition) is 0. The molecule has 1 rings (SSSR count). The van der Waals surface area contributed by atoms with Crippen molar-refractivity contribution in [3.8, 4) is 0 Å². The number of nitrogens with zero attached hydrogens (tertiary/aromatic N) is 1. The lowest BCUT2D eigenvalue weighted by atomic mass is 10.1. The number of hydrogen-bond acceptors (Lipinski definition) is 2. The smallest absolute Gasteiger partial charge is 0.189 e. The van der Waals surface area contributed by atoms with Crippen molar-refractivity contribution >= 4 is 5.78 Å². The van der Waals surface area contributed by atoms with E-state index in [0.717, 1.165) is 17.6 Å². The monoisotopic (exact) mass is 158 g/mol. The van der Waals surface area contributed by atoms with Gasteiger partial charge >= 0.3 is 0 Å². The normalized spacial score (nSPS) is 29.9. The van der Waals surface area contributed by atoms with Gasteiger partial charge in [-0.05, 0) is 0 Å². The molecular weight excluding hydrogens is 142 g/mol. The molecule has 64 valence electrons. The Kier molecular flexibility index (Phi) is 2.30. The van der Waals surface area contributed by atoms with Gasteiger partial charge in [-0.2, -0.15) is 0 Å². The number of morpholine rings is 1. The van der Waals surface area contributed by atoms with E-state index in [2.05, 4.69) is 14.1 Å². The van der Waals surface area contributed by atoms with E-state index in [9.17, 15) is 4.79 Å². The first-order valence-corrected chi connectivity index (χ1v) is 3.95. The molecule has 1 aliphatic rings. The summed E-state index contributed by atoms with van der Waals surface area (Å²) in [5.41, 5.74) is 0. The molecular formula is C8H16NO2+. The summed E-state index contributed by atoms with van der Waals surface area (Å²) in [6.07, 6.45) is 0. The number of likely N-dealkylation sites (N-methyl/N-ethyl adjacent to an activating group) is 1. The maximum absolute atomic E-state index is 11.1. The van der Waals surface area contributed by atoms with Crippen LogP contribution in [-0.4, -0.2) is 50.2 Å². The third-order valence-corrected chi connectivity index (χ3v) is 2.40. The zero-order valence-corrected chi connectivity index (χ0v) is 7.46. The van der Waals surface area contributed by atoms with Gasteiger partial charge in [0.15, 0.2) is 11.8 Å². The van der Waals surface area contributed by atoms with Gasteiger partial charge in [0, 0.05) is 6.92 Å². The standard InChI is InChI=1S/C8H16NO2/c1-7(10)8-6-11-5-4-9(8,2)3/h8H,4-6H2,1-3H3/q+1/t8-/m0/s1. The van der Waals surface area contributed by atoms with Crippen LogP contribution in [0.1, 0.15) is 6.92 Å². The van der Waals surface area contributed by atoms with E-state index in [4.69, 9.17) is 4.74 Å². The molecule has 1 aliphatic heterocycles. The minimum Gasteiger partial charge on any atom is -0.369 e. The van der Waals surface area contributed by atoms with Crippen LogP contribution in [-0.2, 0) is 9.53 Å². The maximum atomic E-state index is 11.1. The van der Waals surface area contributed by atoms with Crippen LogP contribution >= 0.6 is 0 Å². The topological polar surface area (TPSA) is 26.3 Å². The van der Waals surface area contributed by atoms with Crippen molar-refractivity contribution in [1.29, 1.82) is 0 Å². The van der Waals surface area contributed by atoms with Gasteiger partial charge in [-0.15, -0.1) is 0 Å². The molecule has 0 bridgehead atoms. The molecule has 0 aromatic heterocycles. The predicted octanol–water partition coefficient (Wildman–Crippen LogP) is 0.0506. The molecule has 0 aromatic carbocycles. The highest BCUT2D eigenvalue weighted by Gasteiger charge is 2.35. The number of carbonyl (C=O) groups is 1. The number of carbonyl (C=O) groups excluding carboxylic acids is 1. The minimum absolute atomic E-state index is 0.0451. The fraction of sp³-hybridized carbons (Fsp3) is 0.875. The lowest BCUT2D eigenvalue weighted by molar-refractivity contribution is -0.913. The summed E-state index contributed by atoms with van der Waals surface area (Å²) >= 11 is 0. The second-order valence-electron chi connectivity index (χ2n) is 3.70. The van der Waals surface area contributed by atoms with Crippen LogP contribution in [0.2, 0.25) is 0 Å². The van der Waals surface area contributed by atoms with Crippen molar-refractivity contribution in [1.82, 2.24) is 0 Å². The van der Waals surface area contributed by atoms with Crippen molar-refractivity contribution in [2.75, 3.05) is 33.9 Å². The molecule has 1 atom stereocenters. The Labute approximate surface area is 67.5 Å². The third-order valence-electron chi connectivity index (χ3n) is 2.40. The van der Waals surface area contributed by atoms with Crippen LogP contribution in [0.5, 0.6) is 0 Å². The summed E-state index contributed by atoms with van der Waals surface area (Å²) in [6.45, 7) is 3.93. The average molecular weight is 158 g/mol. The molecule has 3 heteroatoms. The van der Waals surface area contributed by atoms with E-state index in [1.165, 1.54) is 0 Å². The van der Waals surface area contributed by atoms with E-state index >= 15 is 0 Å². The zero-order valence-electron chi connectivity index (χ0n) is 7.46. The summed E-state index contributed by atoms with van der Waals surface area (Å²) in [7, 11) is 4.16. The van der Waals surface area contributed by atoms with E-state index < -0.39 is 0 Å². The largest absolute Gasteiger partial charge is 0.369 e. The number of ether oxygens (including phenoxy) is 1. The van der Waals surface area contributed by atoms with Gasteiger partial charge in [0.2, 0.25) is 0 Å². The van der Waals surface area contributed by atoms with Gasteiger partial charge in [0.1, 0.15) is 13.2 Å². The van der Waals surface area contributed by atoms with Gasteiger partial charge in [0.25, 0.3) is 0 Å². The SMILES string of the molecule is CC(=O)[C@@H]1COCC[N+]1(C)C. The Morgan fingerprint density at radius 3 is 2.55 bits per heavy atom. The molecule has 0 spiro atoms.